The van der Waals surface area contributed by atoms with Gasteiger partial charge in [0, 0.05) is 46.9 Å². The Bertz CT molecular complexity index is 362. The Morgan fingerprint density at radius 3 is 3.06 bits per heavy atom. The van der Waals surface area contributed by atoms with Crippen molar-refractivity contribution in [1.82, 2.24) is 10.2 Å². The van der Waals surface area contributed by atoms with Gasteiger partial charge in [0.1, 0.15) is 0 Å². The number of hydrogen-bond acceptors (Lipinski definition) is 4. The Hall–Kier alpha value is -0.0300. The van der Waals surface area contributed by atoms with E-state index in [0.29, 0.717) is 0 Å². The topological polar surface area (TPSA) is 15.3 Å². The summed E-state index contributed by atoms with van der Waals surface area (Å²) in [5.41, 5.74) is 1.53. The van der Waals surface area contributed by atoms with Crippen molar-refractivity contribution in [3.63, 3.8) is 0 Å². The quantitative estimate of drug-likeness (QED) is 0.905. The van der Waals surface area contributed by atoms with Crippen molar-refractivity contribution in [2.75, 3.05) is 25.9 Å². The summed E-state index contributed by atoms with van der Waals surface area (Å²) in [5.74, 6) is 1.29. The van der Waals surface area contributed by atoms with Crippen LogP contribution in [0.15, 0.2) is 6.07 Å². The van der Waals surface area contributed by atoms with E-state index in [2.05, 4.69) is 41.9 Å². The van der Waals surface area contributed by atoms with Gasteiger partial charge in [-0.05, 0) is 25.6 Å². The molecule has 0 radical (unpaired) electrons. The number of thiophene rings is 1. The first-order valence-electron chi connectivity index (χ1n) is 6.25. The summed E-state index contributed by atoms with van der Waals surface area (Å²) in [5, 5.41) is 4.02. The third kappa shape index (κ3) is 3.71. The molecule has 1 aliphatic heterocycles. The molecule has 0 aliphatic carbocycles. The maximum atomic E-state index is 3.23. The number of nitrogens with one attached hydrogen (secondary N) is 1. The van der Waals surface area contributed by atoms with E-state index in [4.69, 9.17) is 0 Å². The largest absolute Gasteiger partial charge is 0.315 e. The van der Waals surface area contributed by atoms with Gasteiger partial charge in [-0.15, -0.1) is 11.3 Å². The summed E-state index contributed by atoms with van der Waals surface area (Å²) in [6, 6.07) is 2.38. The van der Waals surface area contributed by atoms with Crippen LogP contribution >= 0.6 is 23.1 Å². The maximum absolute atomic E-state index is 3.23. The minimum atomic E-state index is 0.791. The van der Waals surface area contributed by atoms with Gasteiger partial charge in [-0.1, -0.05) is 6.92 Å². The molecular formula is C13H22N2S2. The molecule has 1 aromatic rings. The maximum Gasteiger partial charge on any atom is 0.0296 e. The first-order valence-corrected chi connectivity index (χ1v) is 8.12. The number of aryl methyl sites for hydroxylation is 1. The SMILES string of the molecule is CNCc1cc(CN2CCSC(C)C2)c(C)s1. The molecule has 1 N–H and O–H groups in total. The van der Waals surface area contributed by atoms with Gasteiger partial charge >= 0.3 is 0 Å². The summed E-state index contributed by atoms with van der Waals surface area (Å²) in [7, 11) is 2.01. The zero-order valence-electron chi connectivity index (χ0n) is 11.0. The first kappa shape index (κ1) is 13.4. The third-order valence-corrected chi connectivity index (χ3v) is 5.37. The fourth-order valence-corrected chi connectivity index (χ4v) is 4.43. The molecule has 1 fully saturated rings. The summed E-state index contributed by atoms with van der Waals surface area (Å²) >= 11 is 4.03. The van der Waals surface area contributed by atoms with Crippen molar-refractivity contribution >= 4 is 23.1 Å². The van der Waals surface area contributed by atoms with Crippen LogP contribution in [0, 0.1) is 6.92 Å². The van der Waals surface area contributed by atoms with E-state index in [-0.39, 0.29) is 0 Å². The smallest absolute Gasteiger partial charge is 0.0296 e. The van der Waals surface area contributed by atoms with Crippen molar-refractivity contribution in [1.29, 1.82) is 0 Å². The summed E-state index contributed by atoms with van der Waals surface area (Å²) in [6.07, 6.45) is 0. The molecule has 1 aliphatic rings. The van der Waals surface area contributed by atoms with Crippen LogP contribution in [0.4, 0.5) is 0 Å². The zero-order valence-corrected chi connectivity index (χ0v) is 12.6. The van der Waals surface area contributed by atoms with E-state index in [0.717, 1.165) is 18.3 Å². The fraction of sp³-hybridized carbons (Fsp3) is 0.692. The molecule has 4 heteroatoms. The second-order valence-electron chi connectivity index (χ2n) is 4.74. The second kappa shape index (κ2) is 6.23. The van der Waals surface area contributed by atoms with Crippen LogP contribution in [0.5, 0.6) is 0 Å². The minimum absolute atomic E-state index is 0.791. The first-order chi connectivity index (χ1) is 8.19. The Morgan fingerprint density at radius 2 is 2.35 bits per heavy atom. The van der Waals surface area contributed by atoms with Crippen LogP contribution in [0.25, 0.3) is 0 Å². The molecule has 1 unspecified atom stereocenters. The molecule has 2 heterocycles. The molecule has 1 atom stereocenters. The van der Waals surface area contributed by atoms with Gasteiger partial charge in [0.2, 0.25) is 0 Å². The van der Waals surface area contributed by atoms with Crippen molar-refractivity contribution in [3.8, 4) is 0 Å². The average Bonchev–Trinajstić information content (AvgIpc) is 2.60. The fourth-order valence-electron chi connectivity index (χ4n) is 2.28. The highest BCUT2D eigenvalue weighted by atomic mass is 32.2. The third-order valence-electron chi connectivity index (χ3n) is 3.14. The van der Waals surface area contributed by atoms with Crippen molar-refractivity contribution in [2.24, 2.45) is 0 Å². The van der Waals surface area contributed by atoms with Crippen LogP contribution in [0.1, 0.15) is 22.2 Å². The Morgan fingerprint density at radius 1 is 1.53 bits per heavy atom. The second-order valence-corrected chi connectivity index (χ2v) is 7.63. The summed E-state index contributed by atoms with van der Waals surface area (Å²) in [6.45, 7) is 9.20. The number of rotatable bonds is 4. The van der Waals surface area contributed by atoms with Gasteiger partial charge in [0.25, 0.3) is 0 Å². The molecule has 1 aromatic heterocycles. The molecule has 0 bridgehead atoms. The van der Waals surface area contributed by atoms with E-state index >= 15 is 0 Å². The normalized spacial score (nSPS) is 21.9. The number of hydrogen-bond donors (Lipinski definition) is 1. The summed E-state index contributed by atoms with van der Waals surface area (Å²) < 4.78 is 0. The minimum Gasteiger partial charge on any atom is -0.315 e. The highest BCUT2D eigenvalue weighted by Gasteiger charge is 2.18. The van der Waals surface area contributed by atoms with Crippen LogP contribution in [-0.4, -0.2) is 36.0 Å². The van der Waals surface area contributed by atoms with Gasteiger partial charge in [0.15, 0.2) is 0 Å². The van der Waals surface area contributed by atoms with E-state index in [9.17, 15) is 0 Å². The standard InChI is InChI=1S/C13H22N2S2/c1-10-8-15(4-5-16-10)9-12-6-13(7-14-3)17-11(12)2/h6,10,14H,4-5,7-9H2,1-3H3. The van der Waals surface area contributed by atoms with Crippen LogP contribution in [0.3, 0.4) is 0 Å². The molecule has 2 nitrogen and oxygen atoms in total. The van der Waals surface area contributed by atoms with Crippen LogP contribution in [0.2, 0.25) is 0 Å². The Kier molecular flexibility index (Phi) is 4.91. The van der Waals surface area contributed by atoms with Crippen molar-refractivity contribution in [2.45, 2.75) is 32.2 Å². The Balaban J connectivity index is 1.97. The molecule has 17 heavy (non-hydrogen) atoms. The lowest BCUT2D eigenvalue weighted by atomic mass is 10.2. The molecule has 1 saturated heterocycles. The molecule has 0 saturated carbocycles. The van der Waals surface area contributed by atoms with E-state index in [1.165, 1.54) is 34.2 Å². The van der Waals surface area contributed by atoms with E-state index in [1.54, 1.807) is 0 Å². The van der Waals surface area contributed by atoms with Crippen LogP contribution in [-0.2, 0) is 13.1 Å². The molecule has 0 spiro atoms. The lowest BCUT2D eigenvalue weighted by molar-refractivity contribution is 0.278. The van der Waals surface area contributed by atoms with Gasteiger partial charge in [-0.3, -0.25) is 4.90 Å². The molecular weight excluding hydrogens is 248 g/mol. The highest BCUT2D eigenvalue weighted by Crippen LogP contribution is 2.25. The monoisotopic (exact) mass is 270 g/mol. The number of thioether (sulfide) groups is 1. The molecule has 0 amide bonds. The van der Waals surface area contributed by atoms with Gasteiger partial charge in [0.05, 0.1) is 0 Å². The molecule has 96 valence electrons. The lowest BCUT2D eigenvalue weighted by Crippen LogP contribution is -2.36. The Labute approximate surface area is 113 Å². The van der Waals surface area contributed by atoms with E-state index in [1.807, 2.05) is 18.4 Å². The van der Waals surface area contributed by atoms with Crippen molar-refractivity contribution in [3.05, 3.63) is 21.4 Å². The summed E-state index contributed by atoms with van der Waals surface area (Å²) in [4.78, 5) is 5.54. The number of nitrogens with zero attached hydrogens (tertiary/aromatic N) is 1. The predicted octanol–water partition coefficient (Wildman–Crippen LogP) is 2.71. The zero-order chi connectivity index (χ0) is 12.3. The van der Waals surface area contributed by atoms with Crippen molar-refractivity contribution < 1.29 is 0 Å². The van der Waals surface area contributed by atoms with Crippen LogP contribution < -0.4 is 5.32 Å². The van der Waals surface area contributed by atoms with Gasteiger partial charge in [-0.25, -0.2) is 0 Å². The van der Waals surface area contributed by atoms with E-state index < -0.39 is 0 Å². The average molecular weight is 270 g/mol. The van der Waals surface area contributed by atoms with Gasteiger partial charge in [-0.2, -0.15) is 11.8 Å². The molecule has 0 aromatic carbocycles. The van der Waals surface area contributed by atoms with Gasteiger partial charge < -0.3 is 5.32 Å². The highest BCUT2D eigenvalue weighted by molar-refractivity contribution is 7.99. The predicted molar refractivity (Wildman–Crippen MR) is 79.0 cm³/mol. The molecule has 2 rings (SSSR count). The lowest BCUT2D eigenvalue weighted by Gasteiger charge is -2.30.